The number of thioether (sulfide) groups is 2. The Kier molecular flexibility index (Phi) is 4.60. The Bertz CT molecular complexity index is 862. The first-order valence-corrected chi connectivity index (χ1v) is 9.63. The van der Waals surface area contributed by atoms with Crippen molar-refractivity contribution >= 4 is 40.2 Å². The molecule has 112 valence electrons. The van der Waals surface area contributed by atoms with E-state index in [9.17, 15) is 5.26 Å². The Morgan fingerprint density at radius 2 is 2.09 bits per heavy atom. The monoisotopic (exact) mass is 327 g/mol. The minimum atomic E-state index is 0.702. The van der Waals surface area contributed by atoms with Crippen LogP contribution in [0.1, 0.15) is 18.1 Å². The van der Waals surface area contributed by atoms with Crippen LogP contribution >= 0.6 is 23.5 Å². The van der Waals surface area contributed by atoms with Gasteiger partial charge >= 0.3 is 0 Å². The second-order valence-corrected chi connectivity index (χ2v) is 7.05. The normalized spacial score (nSPS) is 11.1. The summed E-state index contributed by atoms with van der Waals surface area (Å²) in [5.74, 6) is 2.16. The molecule has 0 N–H and O–H groups in total. The van der Waals surface area contributed by atoms with E-state index in [4.69, 9.17) is 4.98 Å². The lowest BCUT2D eigenvalue weighted by atomic mass is 10.1. The molecule has 5 heteroatoms. The number of rotatable bonds is 5. The predicted molar refractivity (Wildman–Crippen MR) is 95.9 cm³/mol. The maximum Gasteiger partial charge on any atom is 0.157 e. The second-order valence-electron chi connectivity index (χ2n) is 4.95. The van der Waals surface area contributed by atoms with Gasteiger partial charge in [-0.3, -0.25) is 4.40 Å². The smallest absolute Gasteiger partial charge is 0.157 e. The minimum absolute atomic E-state index is 0.702. The average Bonchev–Trinajstić information content (AvgIpc) is 2.94. The molecule has 3 aromatic rings. The van der Waals surface area contributed by atoms with Gasteiger partial charge in [0.25, 0.3) is 0 Å². The summed E-state index contributed by atoms with van der Waals surface area (Å²) in [6.07, 6.45) is 2.97. The summed E-state index contributed by atoms with van der Waals surface area (Å²) in [4.78, 5) is 4.71. The molecule has 2 heterocycles. The van der Waals surface area contributed by atoms with Crippen LogP contribution in [0.5, 0.6) is 0 Å². The van der Waals surface area contributed by atoms with E-state index in [1.54, 1.807) is 0 Å². The zero-order valence-electron chi connectivity index (χ0n) is 12.7. The summed E-state index contributed by atoms with van der Waals surface area (Å²) >= 11 is 3.69. The van der Waals surface area contributed by atoms with E-state index >= 15 is 0 Å². The van der Waals surface area contributed by atoms with Crippen molar-refractivity contribution in [2.24, 2.45) is 0 Å². The molecule has 0 saturated carbocycles. The molecule has 0 aliphatic carbocycles. The van der Waals surface area contributed by atoms with Gasteiger partial charge in [0.1, 0.15) is 6.07 Å². The van der Waals surface area contributed by atoms with Crippen molar-refractivity contribution in [1.82, 2.24) is 9.38 Å². The second kappa shape index (κ2) is 6.64. The van der Waals surface area contributed by atoms with E-state index in [1.807, 2.05) is 41.7 Å². The Labute approximate surface area is 138 Å². The number of pyridine rings is 1. The Morgan fingerprint density at radius 3 is 2.82 bits per heavy atom. The maximum absolute atomic E-state index is 9.56. The number of imidazole rings is 1. The number of aryl methyl sites for hydroxylation is 1. The highest BCUT2D eigenvalue weighted by Crippen LogP contribution is 2.30. The van der Waals surface area contributed by atoms with Crippen molar-refractivity contribution in [3.8, 4) is 6.07 Å². The number of para-hydroxylation sites is 2. The van der Waals surface area contributed by atoms with Crippen molar-refractivity contribution in [3.05, 3.63) is 41.5 Å². The summed E-state index contributed by atoms with van der Waals surface area (Å²) in [5.41, 5.74) is 4.59. The largest absolute Gasteiger partial charge is 0.286 e. The third-order valence-electron chi connectivity index (χ3n) is 3.65. The van der Waals surface area contributed by atoms with Gasteiger partial charge in [-0.05, 0) is 36.4 Å². The van der Waals surface area contributed by atoms with Crippen molar-refractivity contribution in [2.45, 2.75) is 18.4 Å². The molecule has 0 radical (unpaired) electrons. The first-order chi connectivity index (χ1) is 10.8. The molecule has 0 amide bonds. The van der Waals surface area contributed by atoms with Crippen LogP contribution in [0.3, 0.4) is 0 Å². The van der Waals surface area contributed by atoms with Crippen LogP contribution in [-0.4, -0.2) is 27.1 Å². The van der Waals surface area contributed by atoms with E-state index < -0.39 is 0 Å². The first-order valence-electron chi connectivity index (χ1n) is 7.25. The lowest BCUT2D eigenvalue weighted by Gasteiger charge is -2.10. The molecule has 0 bridgehead atoms. The highest BCUT2D eigenvalue weighted by molar-refractivity contribution is 8.02. The summed E-state index contributed by atoms with van der Waals surface area (Å²) in [7, 11) is 0. The zero-order valence-corrected chi connectivity index (χ0v) is 14.3. The number of hydrogen-bond donors (Lipinski definition) is 0. The molecule has 0 aliphatic heterocycles. The van der Waals surface area contributed by atoms with Crippen LogP contribution in [0.25, 0.3) is 16.7 Å². The molecule has 22 heavy (non-hydrogen) atoms. The highest BCUT2D eigenvalue weighted by Gasteiger charge is 2.16. The molecule has 0 unspecified atom stereocenters. The third kappa shape index (κ3) is 2.57. The van der Waals surface area contributed by atoms with Gasteiger partial charge in [0.05, 0.1) is 21.6 Å². The number of hydrogen-bond acceptors (Lipinski definition) is 4. The predicted octanol–water partition coefficient (Wildman–Crippen LogP) is 4.38. The van der Waals surface area contributed by atoms with Crippen molar-refractivity contribution < 1.29 is 0 Å². The Morgan fingerprint density at radius 1 is 1.27 bits per heavy atom. The number of nitrogens with zero attached hydrogens (tertiary/aromatic N) is 3. The third-order valence-corrected chi connectivity index (χ3v) is 5.53. The quantitative estimate of drug-likeness (QED) is 0.515. The van der Waals surface area contributed by atoms with Crippen molar-refractivity contribution in [3.63, 3.8) is 0 Å². The summed E-state index contributed by atoms with van der Waals surface area (Å²) < 4.78 is 2.14. The van der Waals surface area contributed by atoms with Gasteiger partial charge in [-0.15, -0.1) is 11.8 Å². The maximum atomic E-state index is 9.56. The lowest BCUT2D eigenvalue weighted by Crippen LogP contribution is -1.99. The number of aromatic nitrogens is 2. The van der Waals surface area contributed by atoms with Gasteiger partial charge < -0.3 is 0 Å². The standard InChI is InChI=1S/C17H17N3S2/c1-3-12-10-16(22-9-8-21-2)20-15-7-5-4-6-14(15)19-17(20)13(12)11-18/h4-7,10H,3,8-9H2,1-2H3. The Hall–Kier alpha value is -1.64. The number of nitriles is 1. The van der Waals surface area contributed by atoms with Crippen LogP contribution < -0.4 is 0 Å². The molecule has 0 saturated heterocycles. The van der Waals surface area contributed by atoms with Crippen LogP contribution in [0.2, 0.25) is 0 Å². The van der Waals surface area contributed by atoms with Crippen LogP contribution in [0.15, 0.2) is 35.4 Å². The molecular weight excluding hydrogens is 310 g/mol. The zero-order chi connectivity index (χ0) is 15.5. The van der Waals surface area contributed by atoms with Gasteiger partial charge in [0.15, 0.2) is 5.65 Å². The summed E-state index contributed by atoms with van der Waals surface area (Å²) in [6, 6.07) is 12.6. The van der Waals surface area contributed by atoms with Crippen molar-refractivity contribution in [1.29, 1.82) is 5.26 Å². The Balaban J connectivity index is 2.30. The summed E-state index contributed by atoms with van der Waals surface area (Å²) in [5, 5.41) is 10.7. The fourth-order valence-corrected chi connectivity index (χ4v) is 4.33. The molecule has 0 fully saturated rings. The van der Waals surface area contributed by atoms with Crippen molar-refractivity contribution in [2.75, 3.05) is 17.8 Å². The first kappa shape index (κ1) is 15.3. The van der Waals surface area contributed by atoms with Crippen LogP contribution in [0.4, 0.5) is 0 Å². The minimum Gasteiger partial charge on any atom is -0.286 e. The number of benzene rings is 1. The molecule has 1 aromatic carbocycles. The van der Waals surface area contributed by atoms with E-state index in [2.05, 4.69) is 35.8 Å². The average molecular weight is 327 g/mol. The van der Waals surface area contributed by atoms with E-state index in [0.29, 0.717) is 5.56 Å². The SMILES string of the molecule is CCc1cc(SCCSC)n2c(nc3ccccc32)c1C#N. The van der Waals surface area contributed by atoms with E-state index in [-0.39, 0.29) is 0 Å². The summed E-state index contributed by atoms with van der Waals surface area (Å²) in [6.45, 7) is 2.09. The van der Waals surface area contributed by atoms with Gasteiger partial charge in [-0.25, -0.2) is 4.98 Å². The lowest BCUT2D eigenvalue weighted by molar-refractivity contribution is 1.01. The van der Waals surface area contributed by atoms with Gasteiger partial charge in [-0.1, -0.05) is 19.1 Å². The number of fused-ring (bicyclic) bond motifs is 3. The van der Waals surface area contributed by atoms with Gasteiger partial charge in [-0.2, -0.15) is 17.0 Å². The van der Waals surface area contributed by atoms with E-state index in [0.717, 1.165) is 40.2 Å². The van der Waals surface area contributed by atoms with Crippen LogP contribution in [0, 0.1) is 11.3 Å². The molecule has 3 rings (SSSR count). The molecule has 3 nitrogen and oxygen atoms in total. The van der Waals surface area contributed by atoms with Gasteiger partial charge in [0, 0.05) is 11.5 Å². The molecule has 0 atom stereocenters. The molecule has 0 spiro atoms. The highest BCUT2D eigenvalue weighted by atomic mass is 32.2. The van der Waals surface area contributed by atoms with Crippen LogP contribution in [-0.2, 0) is 6.42 Å². The topological polar surface area (TPSA) is 41.1 Å². The fourth-order valence-electron chi connectivity index (χ4n) is 2.58. The fraction of sp³-hybridized carbons (Fsp3) is 0.294. The molecule has 0 aliphatic rings. The molecular formula is C17H17N3S2. The van der Waals surface area contributed by atoms with Gasteiger partial charge in [0.2, 0.25) is 0 Å². The van der Waals surface area contributed by atoms with E-state index in [1.165, 1.54) is 5.03 Å². The molecule has 2 aromatic heterocycles.